The molecular formula is C21H21N3O2S. The van der Waals surface area contributed by atoms with Gasteiger partial charge in [0.2, 0.25) is 0 Å². The Morgan fingerprint density at radius 3 is 2.67 bits per heavy atom. The van der Waals surface area contributed by atoms with Gasteiger partial charge in [-0.05, 0) is 36.5 Å². The van der Waals surface area contributed by atoms with E-state index in [1.54, 1.807) is 13.3 Å². The molecule has 0 spiro atoms. The summed E-state index contributed by atoms with van der Waals surface area (Å²) in [5.41, 5.74) is 1.98. The summed E-state index contributed by atoms with van der Waals surface area (Å²) in [4.78, 5) is 6.65. The fourth-order valence-electron chi connectivity index (χ4n) is 3.41. The van der Waals surface area contributed by atoms with Crippen molar-refractivity contribution in [1.29, 1.82) is 0 Å². The quantitative estimate of drug-likeness (QED) is 0.654. The van der Waals surface area contributed by atoms with Gasteiger partial charge in [-0.1, -0.05) is 36.4 Å². The third kappa shape index (κ3) is 3.59. The van der Waals surface area contributed by atoms with Crippen molar-refractivity contribution in [3.05, 3.63) is 78.3 Å². The summed E-state index contributed by atoms with van der Waals surface area (Å²) in [6, 6.07) is 19.9. The molecule has 0 bridgehead atoms. The number of rotatable bonds is 6. The molecule has 0 aliphatic carbocycles. The first kappa shape index (κ1) is 17.7. The molecular weight excluding hydrogens is 358 g/mol. The van der Waals surface area contributed by atoms with E-state index in [1.165, 1.54) is 0 Å². The molecule has 138 valence electrons. The van der Waals surface area contributed by atoms with Crippen LogP contribution in [0.15, 0.2) is 71.3 Å². The Bertz CT molecular complexity index is 898. The summed E-state index contributed by atoms with van der Waals surface area (Å²) in [5.74, 6) is 1.70. The maximum atomic E-state index is 6.25. The molecule has 2 unspecified atom stereocenters. The van der Waals surface area contributed by atoms with Crippen molar-refractivity contribution in [2.75, 3.05) is 20.3 Å². The lowest BCUT2D eigenvalue weighted by Gasteiger charge is -2.25. The summed E-state index contributed by atoms with van der Waals surface area (Å²) in [6.45, 7) is 1.26. The highest BCUT2D eigenvalue weighted by atomic mass is 32.1. The van der Waals surface area contributed by atoms with Gasteiger partial charge < -0.3 is 19.4 Å². The molecule has 0 radical (unpaired) electrons. The predicted molar refractivity (Wildman–Crippen MR) is 108 cm³/mol. The van der Waals surface area contributed by atoms with Crippen molar-refractivity contribution in [2.24, 2.45) is 0 Å². The van der Waals surface area contributed by atoms with Gasteiger partial charge in [0.05, 0.1) is 18.3 Å². The van der Waals surface area contributed by atoms with E-state index in [9.17, 15) is 0 Å². The summed E-state index contributed by atoms with van der Waals surface area (Å²) in [6.07, 6.45) is 1.80. The fraction of sp³-hybridized carbons (Fsp3) is 0.238. The summed E-state index contributed by atoms with van der Waals surface area (Å²) >= 11 is 5.60. The zero-order chi connectivity index (χ0) is 18.6. The number of hydrogen-bond donors (Lipinski definition) is 1. The van der Waals surface area contributed by atoms with Crippen LogP contribution >= 0.6 is 12.2 Å². The zero-order valence-corrected chi connectivity index (χ0v) is 15.9. The fourth-order valence-corrected chi connectivity index (χ4v) is 3.75. The Balaban J connectivity index is 1.70. The van der Waals surface area contributed by atoms with Gasteiger partial charge in [0.25, 0.3) is 0 Å². The Labute approximate surface area is 164 Å². The number of hydrogen-bond acceptors (Lipinski definition) is 4. The van der Waals surface area contributed by atoms with E-state index in [1.807, 2.05) is 60.7 Å². The molecule has 1 fully saturated rings. The standard InChI is InChI=1S/C21H21N3O2S/c1-25-14-13-24-20(19(23-21(24)27)16-9-5-6-12-22-16)18-11-10-17(26-18)15-7-3-2-4-8-15/h2-12,19-20H,13-14H2,1H3,(H,23,27). The Hall–Kier alpha value is -2.70. The van der Waals surface area contributed by atoms with Crippen molar-refractivity contribution in [2.45, 2.75) is 12.1 Å². The topological polar surface area (TPSA) is 50.5 Å². The van der Waals surface area contributed by atoms with Crippen molar-refractivity contribution in [3.8, 4) is 11.3 Å². The first-order valence-corrected chi connectivity index (χ1v) is 9.31. The predicted octanol–water partition coefficient (Wildman–Crippen LogP) is 3.96. The number of benzene rings is 1. The SMILES string of the molecule is COCCN1C(=S)NC(c2ccccn2)C1c1ccc(-c2ccccc2)o1. The van der Waals surface area contributed by atoms with Crippen LogP contribution in [-0.2, 0) is 4.74 Å². The first-order chi connectivity index (χ1) is 13.3. The van der Waals surface area contributed by atoms with E-state index in [-0.39, 0.29) is 12.1 Å². The molecule has 3 aromatic rings. The molecule has 0 saturated carbocycles. The number of nitrogens with zero attached hydrogens (tertiary/aromatic N) is 2. The van der Waals surface area contributed by atoms with E-state index in [4.69, 9.17) is 21.4 Å². The van der Waals surface area contributed by atoms with Gasteiger partial charge >= 0.3 is 0 Å². The number of nitrogens with one attached hydrogen (secondary N) is 1. The van der Waals surface area contributed by atoms with Gasteiger partial charge in [0.1, 0.15) is 17.6 Å². The number of thiocarbonyl (C=S) groups is 1. The van der Waals surface area contributed by atoms with Crippen LogP contribution in [0.1, 0.15) is 23.5 Å². The lowest BCUT2D eigenvalue weighted by Crippen LogP contribution is -2.32. The molecule has 2 aromatic heterocycles. The molecule has 1 aliphatic rings. The van der Waals surface area contributed by atoms with Crippen LogP contribution in [0.4, 0.5) is 0 Å². The molecule has 27 heavy (non-hydrogen) atoms. The maximum absolute atomic E-state index is 6.25. The van der Waals surface area contributed by atoms with Crippen LogP contribution in [0.2, 0.25) is 0 Å². The minimum Gasteiger partial charge on any atom is -0.459 e. The number of aromatic nitrogens is 1. The lowest BCUT2D eigenvalue weighted by molar-refractivity contribution is 0.158. The molecule has 1 aliphatic heterocycles. The van der Waals surface area contributed by atoms with Crippen molar-refractivity contribution >= 4 is 17.3 Å². The van der Waals surface area contributed by atoms with E-state index < -0.39 is 0 Å². The van der Waals surface area contributed by atoms with E-state index in [2.05, 4.69) is 15.2 Å². The molecule has 1 saturated heterocycles. The molecule has 5 nitrogen and oxygen atoms in total. The molecule has 0 amide bonds. The summed E-state index contributed by atoms with van der Waals surface area (Å²) in [7, 11) is 1.69. The van der Waals surface area contributed by atoms with Crippen molar-refractivity contribution < 1.29 is 9.15 Å². The minimum atomic E-state index is -0.0833. The van der Waals surface area contributed by atoms with Crippen LogP contribution in [0, 0.1) is 0 Å². The second kappa shape index (κ2) is 7.90. The second-order valence-corrected chi connectivity index (χ2v) is 6.77. The van der Waals surface area contributed by atoms with Crippen LogP contribution < -0.4 is 5.32 Å². The van der Waals surface area contributed by atoms with Crippen LogP contribution in [0.25, 0.3) is 11.3 Å². The summed E-state index contributed by atoms with van der Waals surface area (Å²) < 4.78 is 11.5. The Morgan fingerprint density at radius 1 is 1.11 bits per heavy atom. The molecule has 2 atom stereocenters. The highest BCUT2D eigenvalue weighted by Crippen LogP contribution is 2.40. The van der Waals surface area contributed by atoms with Crippen LogP contribution in [-0.4, -0.2) is 35.3 Å². The lowest BCUT2D eigenvalue weighted by atomic mass is 10.0. The van der Waals surface area contributed by atoms with Gasteiger partial charge in [0, 0.05) is 25.4 Å². The summed E-state index contributed by atoms with van der Waals surface area (Å²) in [5, 5.41) is 4.09. The number of furan rings is 1. The van der Waals surface area contributed by atoms with Gasteiger partial charge in [-0.2, -0.15) is 0 Å². The molecule has 3 heterocycles. The Kier molecular flexibility index (Phi) is 5.18. The van der Waals surface area contributed by atoms with Gasteiger partial charge in [-0.15, -0.1) is 0 Å². The third-order valence-corrected chi connectivity index (χ3v) is 5.06. The average molecular weight is 379 g/mol. The molecule has 6 heteroatoms. The smallest absolute Gasteiger partial charge is 0.170 e. The molecule has 1 N–H and O–H groups in total. The normalized spacial score (nSPS) is 19.3. The van der Waals surface area contributed by atoms with E-state index in [0.717, 1.165) is 22.8 Å². The van der Waals surface area contributed by atoms with Crippen LogP contribution in [0.5, 0.6) is 0 Å². The second-order valence-electron chi connectivity index (χ2n) is 6.38. The largest absolute Gasteiger partial charge is 0.459 e. The average Bonchev–Trinajstić information content (AvgIpc) is 3.32. The number of ether oxygens (including phenoxy) is 1. The first-order valence-electron chi connectivity index (χ1n) is 8.90. The van der Waals surface area contributed by atoms with Crippen LogP contribution in [0.3, 0.4) is 0 Å². The Morgan fingerprint density at radius 2 is 1.93 bits per heavy atom. The maximum Gasteiger partial charge on any atom is 0.170 e. The van der Waals surface area contributed by atoms with Gasteiger partial charge in [-0.3, -0.25) is 4.98 Å². The van der Waals surface area contributed by atoms with Crippen molar-refractivity contribution in [3.63, 3.8) is 0 Å². The van der Waals surface area contributed by atoms with E-state index in [0.29, 0.717) is 18.3 Å². The monoisotopic (exact) mass is 379 g/mol. The highest BCUT2D eigenvalue weighted by molar-refractivity contribution is 7.80. The molecule has 4 rings (SSSR count). The molecule has 1 aromatic carbocycles. The van der Waals surface area contributed by atoms with Gasteiger partial charge in [-0.25, -0.2) is 0 Å². The van der Waals surface area contributed by atoms with Crippen molar-refractivity contribution in [1.82, 2.24) is 15.2 Å². The van der Waals surface area contributed by atoms with E-state index >= 15 is 0 Å². The highest BCUT2D eigenvalue weighted by Gasteiger charge is 2.41. The zero-order valence-electron chi connectivity index (χ0n) is 15.0. The van der Waals surface area contributed by atoms with Gasteiger partial charge in [0.15, 0.2) is 5.11 Å². The minimum absolute atomic E-state index is 0.0784. The third-order valence-electron chi connectivity index (χ3n) is 4.71. The number of pyridine rings is 1. The number of methoxy groups -OCH3 is 1.